The molecule has 1 unspecified atom stereocenters. The molecule has 0 aliphatic carbocycles. The minimum Gasteiger partial charge on any atom is -0.497 e. The Kier molecular flexibility index (Phi) is 7.71. The Labute approximate surface area is 215 Å². The minimum absolute atomic E-state index is 0.221. The van der Waals surface area contributed by atoms with Crippen molar-refractivity contribution in [3.8, 4) is 28.5 Å². The molecule has 0 aliphatic heterocycles. The van der Waals surface area contributed by atoms with E-state index in [-0.39, 0.29) is 17.6 Å². The number of imidazole rings is 1. The smallest absolute Gasteiger partial charge is 0.270 e. The zero-order valence-electron chi connectivity index (χ0n) is 21.4. The fourth-order valence-electron chi connectivity index (χ4n) is 4.01. The largest absolute Gasteiger partial charge is 0.497 e. The van der Waals surface area contributed by atoms with Crippen molar-refractivity contribution < 1.29 is 23.4 Å². The van der Waals surface area contributed by atoms with Crippen LogP contribution in [-0.2, 0) is 6.54 Å². The van der Waals surface area contributed by atoms with Gasteiger partial charge in [0.15, 0.2) is 0 Å². The Morgan fingerprint density at radius 2 is 1.76 bits per heavy atom. The summed E-state index contributed by atoms with van der Waals surface area (Å²) in [6, 6.07) is 12.9. The molecule has 1 amide bonds. The van der Waals surface area contributed by atoms with E-state index in [0.29, 0.717) is 35.1 Å². The first-order valence-electron chi connectivity index (χ1n) is 11.7. The molecule has 2 aromatic heterocycles. The van der Waals surface area contributed by atoms with Crippen molar-refractivity contribution in [3.63, 3.8) is 0 Å². The van der Waals surface area contributed by atoms with E-state index in [1.54, 1.807) is 38.6 Å². The molecule has 0 saturated carbocycles. The Bertz CT molecular complexity index is 1400. The number of carbonyl (C=O) groups excluding carboxylic acids is 1. The number of ether oxygens (including phenoxy) is 3. The molecule has 9 heteroatoms. The molecule has 0 radical (unpaired) electrons. The highest BCUT2D eigenvalue weighted by atomic mass is 19.1. The molecule has 1 atom stereocenters. The summed E-state index contributed by atoms with van der Waals surface area (Å²) < 4.78 is 31.9. The van der Waals surface area contributed by atoms with Crippen LogP contribution >= 0.6 is 0 Å². The number of methoxy groups -OCH3 is 3. The Balaban J connectivity index is 1.71. The first-order valence-corrected chi connectivity index (χ1v) is 11.7. The maximum absolute atomic E-state index is 13.9. The number of aromatic nitrogens is 3. The predicted molar refractivity (Wildman–Crippen MR) is 138 cm³/mol. The van der Waals surface area contributed by atoms with E-state index < -0.39 is 5.82 Å². The van der Waals surface area contributed by atoms with E-state index in [1.807, 2.05) is 42.8 Å². The molecule has 0 bridgehead atoms. The van der Waals surface area contributed by atoms with E-state index in [0.717, 1.165) is 17.0 Å². The van der Waals surface area contributed by atoms with Gasteiger partial charge >= 0.3 is 0 Å². The molecule has 192 valence electrons. The number of nitrogens with one attached hydrogen (secondary N) is 1. The normalized spacial score (nSPS) is 11.6. The zero-order chi connectivity index (χ0) is 26.5. The van der Waals surface area contributed by atoms with Crippen molar-refractivity contribution in [3.05, 3.63) is 89.4 Å². The van der Waals surface area contributed by atoms with E-state index in [2.05, 4.69) is 15.3 Å². The van der Waals surface area contributed by atoms with Gasteiger partial charge in [-0.05, 0) is 61.4 Å². The van der Waals surface area contributed by atoms with E-state index in [1.165, 1.54) is 19.2 Å². The topological polar surface area (TPSA) is 87.5 Å². The highest BCUT2D eigenvalue weighted by molar-refractivity contribution is 5.93. The molecule has 0 saturated heterocycles. The van der Waals surface area contributed by atoms with Crippen LogP contribution < -0.4 is 19.5 Å². The first-order chi connectivity index (χ1) is 17.8. The van der Waals surface area contributed by atoms with Gasteiger partial charge in [-0.1, -0.05) is 0 Å². The summed E-state index contributed by atoms with van der Waals surface area (Å²) in [5.41, 5.74) is 2.94. The summed E-state index contributed by atoms with van der Waals surface area (Å²) >= 11 is 0. The van der Waals surface area contributed by atoms with Gasteiger partial charge in [-0.3, -0.25) is 4.79 Å². The van der Waals surface area contributed by atoms with Gasteiger partial charge in [0, 0.05) is 36.6 Å². The van der Waals surface area contributed by atoms with Crippen LogP contribution in [0.1, 0.15) is 40.4 Å². The van der Waals surface area contributed by atoms with Crippen LogP contribution in [0, 0.1) is 12.7 Å². The third-order valence-electron chi connectivity index (χ3n) is 6.06. The van der Waals surface area contributed by atoms with Gasteiger partial charge in [0.25, 0.3) is 5.91 Å². The molecule has 37 heavy (non-hydrogen) atoms. The molecule has 4 aromatic rings. The molecular weight excluding hydrogens is 475 g/mol. The highest BCUT2D eigenvalue weighted by Crippen LogP contribution is 2.31. The lowest BCUT2D eigenvalue weighted by Crippen LogP contribution is -2.27. The van der Waals surface area contributed by atoms with Crippen LogP contribution in [0.15, 0.2) is 60.9 Å². The zero-order valence-corrected chi connectivity index (χ0v) is 21.4. The average Bonchev–Trinajstić information content (AvgIpc) is 3.31. The number of halogens is 1. The fraction of sp³-hybridized carbons (Fsp3) is 0.250. The Hall–Kier alpha value is -4.40. The molecule has 0 aliphatic rings. The molecular formula is C28H29FN4O4. The Morgan fingerprint density at radius 1 is 1.03 bits per heavy atom. The molecule has 2 aromatic carbocycles. The average molecular weight is 505 g/mol. The van der Waals surface area contributed by atoms with Crippen LogP contribution in [0.3, 0.4) is 0 Å². The summed E-state index contributed by atoms with van der Waals surface area (Å²) in [5, 5.41) is 3.01. The van der Waals surface area contributed by atoms with Gasteiger partial charge < -0.3 is 24.1 Å². The SMILES string of the molecule is COc1cc(OC)cc(C(C)NC(=O)c2cc(Cn3ccnc3C)cc(-c3ccc(F)cc3OC)n2)c1. The number of amides is 1. The summed E-state index contributed by atoms with van der Waals surface area (Å²) in [6.07, 6.45) is 3.59. The van der Waals surface area contributed by atoms with E-state index in [9.17, 15) is 9.18 Å². The summed E-state index contributed by atoms with van der Waals surface area (Å²) in [4.78, 5) is 22.3. The maximum Gasteiger partial charge on any atom is 0.270 e. The third-order valence-corrected chi connectivity index (χ3v) is 6.06. The van der Waals surface area contributed by atoms with E-state index >= 15 is 0 Å². The van der Waals surface area contributed by atoms with Gasteiger partial charge in [-0.25, -0.2) is 14.4 Å². The first kappa shape index (κ1) is 25.7. The van der Waals surface area contributed by atoms with Crippen molar-refractivity contribution in [1.29, 1.82) is 0 Å². The van der Waals surface area contributed by atoms with Crippen molar-refractivity contribution in [2.45, 2.75) is 26.4 Å². The Morgan fingerprint density at radius 3 is 2.38 bits per heavy atom. The quantitative estimate of drug-likeness (QED) is 0.347. The van der Waals surface area contributed by atoms with Gasteiger partial charge in [0.2, 0.25) is 0 Å². The number of aryl methyl sites for hydroxylation is 1. The minimum atomic E-state index is -0.425. The number of pyridine rings is 1. The standard InChI is InChI=1S/C28H29FN4O4/c1-17(20-12-22(35-3)15-23(13-20)36-4)31-28(34)26-11-19(16-33-9-8-30-18(33)2)10-25(32-26)24-7-6-21(29)14-27(24)37-5/h6-15,17H,16H2,1-5H3,(H,31,34). The van der Waals surface area contributed by atoms with Crippen molar-refractivity contribution in [2.75, 3.05) is 21.3 Å². The number of benzene rings is 2. The second-order valence-electron chi connectivity index (χ2n) is 8.53. The lowest BCUT2D eigenvalue weighted by Gasteiger charge is -2.17. The van der Waals surface area contributed by atoms with Crippen molar-refractivity contribution in [1.82, 2.24) is 19.9 Å². The number of hydrogen-bond acceptors (Lipinski definition) is 6. The van der Waals surface area contributed by atoms with Gasteiger partial charge in [-0.15, -0.1) is 0 Å². The van der Waals surface area contributed by atoms with E-state index in [4.69, 9.17) is 14.2 Å². The predicted octanol–water partition coefficient (Wildman–Crippen LogP) is 4.96. The molecule has 0 fully saturated rings. The summed E-state index contributed by atoms with van der Waals surface area (Å²) in [5.74, 6) is 1.62. The lowest BCUT2D eigenvalue weighted by molar-refractivity contribution is 0.0934. The molecule has 1 N–H and O–H groups in total. The monoisotopic (exact) mass is 504 g/mol. The van der Waals surface area contributed by atoms with Crippen LogP contribution in [0.4, 0.5) is 4.39 Å². The molecule has 2 heterocycles. The number of carbonyl (C=O) groups is 1. The van der Waals surface area contributed by atoms with Crippen LogP contribution in [0.25, 0.3) is 11.3 Å². The molecule has 8 nitrogen and oxygen atoms in total. The second kappa shape index (κ2) is 11.1. The number of rotatable bonds is 9. The maximum atomic E-state index is 13.9. The highest BCUT2D eigenvalue weighted by Gasteiger charge is 2.18. The number of hydrogen-bond donors (Lipinski definition) is 1. The molecule has 4 rings (SSSR count). The molecule has 0 spiro atoms. The van der Waals surface area contributed by atoms with Crippen molar-refractivity contribution in [2.24, 2.45) is 0 Å². The van der Waals surface area contributed by atoms with Crippen LogP contribution in [0.5, 0.6) is 17.2 Å². The third kappa shape index (κ3) is 5.88. The summed E-state index contributed by atoms with van der Waals surface area (Å²) in [6.45, 7) is 4.26. The second-order valence-corrected chi connectivity index (χ2v) is 8.53. The fourth-order valence-corrected chi connectivity index (χ4v) is 4.01. The van der Waals surface area contributed by atoms with Gasteiger partial charge in [0.1, 0.15) is 34.6 Å². The number of nitrogens with zero attached hydrogens (tertiary/aromatic N) is 3. The lowest BCUT2D eigenvalue weighted by atomic mass is 10.1. The van der Waals surface area contributed by atoms with Gasteiger partial charge in [-0.2, -0.15) is 0 Å². The summed E-state index contributed by atoms with van der Waals surface area (Å²) in [7, 11) is 4.61. The van der Waals surface area contributed by atoms with Crippen molar-refractivity contribution >= 4 is 5.91 Å². The van der Waals surface area contributed by atoms with Gasteiger partial charge in [0.05, 0.1) is 33.1 Å². The van der Waals surface area contributed by atoms with Crippen LogP contribution in [-0.4, -0.2) is 41.8 Å². The van der Waals surface area contributed by atoms with Crippen LogP contribution in [0.2, 0.25) is 0 Å².